The highest BCUT2D eigenvalue weighted by Gasteiger charge is 2.62. The highest BCUT2D eigenvalue weighted by Crippen LogP contribution is 2.57. The van der Waals surface area contributed by atoms with Crippen LogP contribution in [0, 0.1) is 17.3 Å². The monoisotopic (exact) mass is 752 g/mol. The molecule has 4 heterocycles. The van der Waals surface area contributed by atoms with E-state index in [0.717, 1.165) is 46.6 Å². The molecule has 1 aromatic carbocycles. The molecule has 1 N–H and O–H groups in total. The summed E-state index contributed by atoms with van der Waals surface area (Å²) < 4.78 is 35.1. The number of benzene rings is 1. The Kier molecular flexibility index (Phi) is 9.71. The molecule has 5 atom stereocenters. The smallest absolute Gasteiger partial charge is 0.274 e. The van der Waals surface area contributed by atoms with Crippen molar-refractivity contribution in [3.63, 3.8) is 0 Å². The van der Waals surface area contributed by atoms with Gasteiger partial charge in [0.2, 0.25) is 21.8 Å². The fourth-order valence-electron chi connectivity index (χ4n) is 7.42. The van der Waals surface area contributed by atoms with Gasteiger partial charge in [0, 0.05) is 36.0 Å². The topological polar surface area (TPSA) is 136 Å². The van der Waals surface area contributed by atoms with Gasteiger partial charge in [-0.3, -0.25) is 19.1 Å². The van der Waals surface area contributed by atoms with Crippen LogP contribution in [-0.4, -0.2) is 64.3 Å². The molecule has 3 fully saturated rings. The quantitative estimate of drug-likeness (QED) is 0.262. The Morgan fingerprint density at radius 3 is 2.63 bits per heavy atom. The van der Waals surface area contributed by atoms with Crippen LogP contribution in [0.4, 0.5) is 0 Å². The fourth-order valence-corrected chi connectivity index (χ4v) is 10.7. The lowest BCUT2D eigenvalue weighted by Gasteiger charge is -2.29. The Bertz CT molecular complexity index is 1920. The van der Waals surface area contributed by atoms with Crippen LogP contribution in [0.3, 0.4) is 0 Å². The van der Waals surface area contributed by atoms with Crippen LogP contribution in [0.1, 0.15) is 103 Å². The fraction of sp³-hybridized carbons (Fsp3) is 0.605. The normalized spacial score (nSPS) is 29.1. The van der Waals surface area contributed by atoms with Crippen LogP contribution >= 0.6 is 22.7 Å². The number of carbonyl (C=O) groups excluding carboxylic acids is 3. The molecular formula is C38H48N4O6S3. The summed E-state index contributed by atoms with van der Waals surface area (Å²) in [6.07, 6.45) is 9.84. The molecule has 2 aromatic heterocycles. The number of rotatable bonds is 7. The van der Waals surface area contributed by atoms with E-state index in [-0.39, 0.29) is 48.3 Å². The molecule has 2 amide bonds. The highest BCUT2D eigenvalue weighted by atomic mass is 32.2. The number of para-hydroxylation sites is 1. The lowest BCUT2D eigenvalue weighted by molar-refractivity contribution is -0.142. The number of ether oxygens (including phenoxy) is 1. The van der Waals surface area contributed by atoms with Crippen LogP contribution in [0.25, 0.3) is 10.2 Å². The predicted molar refractivity (Wildman–Crippen MR) is 199 cm³/mol. The summed E-state index contributed by atoms with van der Waals surface area (Å²) in [6, 6.07) is 6.97. The number of fused-ring (bicyclic) bond motifs is 3. The number of Topliss-reactive ketones (excluding diaryl/α,β-unsaturated/α-hetero) is 1. The number of thiazole rings is 2. The third-order valence-corrected chi connectivity index (χ3v) is 15.2. The van der Waals surface area contributed by atoms with E-state index in [4.69, 9.17) is 9.72 Å². The molecule has 0 radical (unpaired) electrons. The minimum absolute atomic E-state index is 0.0978. The van der Waals surface area contributed by atoms with E-state index in [0.29, 0.717) is 37.3 Å². The Hall–Kier alpha value is -3.16. The number of aromatic nitrogens is 2. The first-order valence-corrected chi connectivity index (χ1v) is 21.4. The summed E-state index contributed by atoms with van der Waals surface area (Å²) in [6.45, 7) is 8.25. The van der Waals surface area contributed by atoms with Gasteiger partial charge in [0.25, 0.3) is 5.19 Å². The molecule has 2 aliphatic heterocycles. The van der Waals surface area contributed by atoms with Crippen molar-refractivity contribution in [3.8, 4) is 5.19 Å². The molecule has 1 saturated heterocycles. The first kappa shape index (κ1) is 36.2. The highest BCUT2D eigenvalue weighted by molar-refractivity contribution is 7.91. The predicted octanol–water partition coefficient (Wildman–Crippen LogP) is 6.74. The van der Waals surface area contributed by atoms with Crippen molar-refractivity contribution in [1.82, 2.24) is 19.6 Å². The number of hydrogen-bond donors (Lipinski definition) is 1. The zero-order chi connectivity index (χ0) is 36.2. The molecule has 7 rings (SSSR count). The second-order valence-corrected chi connectivity index (χ2v) is 20.4. The third-order valence-electron chi connectivity index (χ3n) is 11.2. The molecule has 0 unspecified atom stereocenters. The number of ketones is 1. The van der Waals surface area contributed by atoms with E-state index >= 15 is 0 Å². The van der Waals surface area contributed by atoms with Gasteiger partial charge >= 0.3 is 0 Å². The maximum Gasteiger partial charge on any atom is 0.274 e. The van der Waals surface area contributed by atoms with Crippen molar-refractivity contribution in [2.45, 2.75) is 121 Å². The maximum absolute atomic E-state index is 14.7. The second kappa shape index (κ2) is 13.7. The average molecular weight is 753 g/mol. The van der Waals surface area contributed by atoms with Crippen LogP contribution < -0.4 is 9.46 Å². The van der Waals surface area contributed by atoms with Crippen molar-refractivity contribution in [1.29, 1.82) is 0 Å². The molecule has 0 bridgehead atoms. The number of nitrogens with one attached hydrogen (secondary N) is 1. The number of allylic oxidation sites excluding steroid dienone is 2. The number of nitrogens with zero attached hydrogens (tertiary/aromatic N) is 3. The molecule has 3 aromatic rings. The van der Waals surface area contributed by atoms with Crippen molar-refractivity contribution >= 4 is 60.5 Å². The number of carbonyl (C=O) groups is 3. The number of hydrogen-bond acceptors (Lipinski definition) is 10. The molecule has 2 aliphatic carbocycles. The Balaban J connectivity index is 1.18. The van der Waals surface area contributed by atoms with Crippen LogP contribution in [0.2, 0.25) is 0 Å². The molecular weight excluding hydrogens is 705 g/mol. The van der Waals surface area contributed by atoms with Gasteiger partial charge in [0.05, 0.1) is 43.7 Å². The minimum atomic E-state index is -3.89. The van der Waals surface area contributed by atoms with Crippen molar-refractivity contribution < 1.29 is 27.5 Å². The molecule has 274 valence electrons. The van der Waals surface area contributed by atoms with Crippen molar-refractivity contribution in [2.24, 2.45) is 17.3 Å². The van der Waals surface area contributed by atoms with Gasteiger partial charge in [0.15, 0.2) is 5.78 Å². The Labute approximate surface area is 308 Å². The molecule has 2 saturated carbocycles. The van der Waals surface area contributed by atoms with E-state index in [1.54, 1.807) is 23.2 Å². The first-order valence-electron chi connectivity index (χ1n) is 18.2. The minimum Gasteiger partial charge on any atom is -0.465 e. The van der Waals surface area contributed by atoms with E-state index in [9.17, 15) is 22.8 Å². The van der Waals surface area contributed by atoms with Crippen molar-refractivity contribution in [2.75, 3.05) is 6.54 Å². The SMILES string of the molecule is CC(C)(C)c1csc(C[C@H]2CCCCC/C=C\[C@@H]3C[C@@]3(C(=O)NS(=O)(=O)C3(C)CC3)CC(=O)[C@@H]3C[C@@H](Oc4nc5ccccc5s4)CN3C2=O)n1. The molecule has 0 spiro atoms. The third kappa shape index (κ3) is 7.53. The van der Waals surface area contributed by atoms with Crippen LogP contribution in [0.15, 0.2) is 41.8 Å². The lowest BCUT2D eigenvalue weighted by Crippen LogP contribution is -2.47. The van der Waals surface area contributed by atoms with Gasteiger partial charge in [0.1, 0.15) is 6.10 Å². The zero-order valence-corrected chi connectivity index (χ0v) is 32.3. The molecule has 4 aliphatic rings. The molecule has 51 heavy (non-hydrogen) atoms. The van der Waals surface area contributed by atoms with Gasteiger partial charge in [-0.2, -0.15) is 0 Å². The zero-order valence-electron chi connectivity index (χ0n) is 29.9. The number of amides is 2. The summed E-state index contributed by atoms with van der Waals surface area (Å²) in [4.78, 5) is 54.3. The summed E-state index contributed by atoms with van der Waals surface area (Å²) in [5.74, 6) is -1.56. The number of sulfonamides is 1. The van der Waals surface area contributed by atoms with E-state index in [1.807, 2.05) is 30.3 Å². The van der Waals surface area contributed by atoms with Crippen molar-refractivity contribution in [3.05, 3.63) is 52.5 Å². The maximum atomic E-state index is 14.7. The van der Waals surface area contributed by atoms with Gasteiger partial charge in [-0.25, -0.2) is 18.4 Å². The summed E-state index contributed by atoms with van der Waals surface area (Å²) >= 11 is 3.00. The average Bonchev–Trinajstić information content (AvgIpc) is 3.73. The van der Waals surface area contributed by atoms with Gasteiger partial charge in [-0.1, -0.05) is 69.2 Å². The van der Waals surface area contributed by atoms with Gasteiger partial charge in [-0.05, 0) is 63.5 Å². The van der Waals surface area contributed by atoms with E-state index < -0.39 is 38.2 Å². The van der Waals surface area contributed by atoms with E-state index in [1.165, 1.54) is 11.3 Å². The standard InChI is InChI=1S/C38H48N4O6S3/c1-36(2,3)31-23-49-32(40-31)18-24-12-8-6-5-7-9-13-25-20-38(25,34(45)41-51(46,47)37(4)16-17-37)21-29(43)28-19-26(22-42(28)33(24)44)48-35-39-27-14-10-11-15-30(27)50-35/h9-11,13-15,23-26,28H,5-8,12,16-22H2,1-4H3,(H,41,45)/b13-9-/t24-,25-,26-,28+,38-/m1/s1. The van der Waals surface area contributed by atoms with Gasteiger partial charge in [-0.15, -0.1) is 11.3 Å². The second-order valence-electron chi connectivity index (χ2n) is 16.3. The molecule has 10 nitrogen and oxygen atoms in total. The summed E-state index contributed by atoms with van der Waals surface area (Å²) in [5.41, 5.74) is 0.546. The van der Waals surface area contributed by atoms with E-state index in [2.05, 4.69) is 41.9 Å². The first-order chi connectivity index (χ1) is 24.2. The molecule has 13 heteroatoms. The lowest BCUT2D eigenvalue weighted by atomic mass is 9.90. The summed E-state index contributed by atoms with van der Waals surface area (Å²) in [5, 5.41) is 3.47. The van der Waals surface area contributed by atoms with Crippen LogP contribution in [-0.2, 0) is 36.2 Å². The Morgan fingerprint density at radius 1 is 1.12 bits per heavy atom. The largest absolute Gasteiger partial charge is 0.465 e. The summed E-state index contributed by atoms with van der Waals surface area (Å²) in [7, 11) is -3.89. The Morgan fingerprint density at radius 2 is 1.90 bits per heavy atom. The van der Waals surface area contributed by atoms with Crippen LogP contribution in [0.5, 0.6) is 5.19 Å². The van der Waals surface area contributed by atoms with Gasteiger partial charge < -0.3 is 9.64 Å².